The quantitative estimate of drug-likeness (QED) is 0.457. The van der Waals surface area contributed by atoms with E-state index in [2.05, 4.69) is 18.8 Å². The van der Waals surface area contributed by atoms with Crippen molar-refractivity contribution >= 4 is 12.6 Å². The maximum atomic E-state index is 10.3. The summed E-state index contributed by atoms with van der Waals surface area (Å²) in [4.78, 5) is 20.2. The SMILES string of the molecule is CCCCCCC#CC([C]=O)C[C]=O. The zero-order valence-corrected chi connectivity index (χ0v) is 8.64. The summed E-state index contributed by atoms with van der Waals surface area (Å²) in [5.41, 5.74) is 0. The van der Waals surface area contributed by atoms with Crippen LogP contribution in [0.25, 0.3) is 0 Å². The Kier molecular flexibility index (Phi) is 9.20. The van der Waals surface area contributed by atoms with Gasteiger partial charge in [-0.3, -0.25) is 9.59 Å². The summed E-state index contributed by atoms with van der Waals surface area (Å²) in [6.07, 6.45) is 8.92. The molecule has 14 heavy (non-hydrogen) atoms. The van der Waals surface area contributed by atoms with Crippen molar-refractivity contribution < 1.29 is 9.59 Å². The van der Waals surface area contributed by atoms with Gasteiger partial charge in [0.2, 0.25) is 6.29 Å². The Labute approximate surface area is 86.1 Å². The summed E-state index contributed by atoms with van der Waals surface area (Å²) in [7, 11) is 0. The zero-order valence-electron chi connectivity index (χ0n) is 8.64. The standard InChI is InChI=1S/C12H16O2/c1-2-3-4-5-6-7-8-12(11-14)9-10-13/h12H,2-6,9H2,1H3. The van der Waals surface area contributed by atoms with Crippen molar-refractivity contribution in [2.45, 2.75) is 45.4 Å². The Balaban J connectivity index is 3.56. The lowest BCUT2D eigenvalue weighted by Gasteiger charge is -1.93. The molecule has 0 aliphatic carbocycles. The number of carbonyl (C=O) groups excluding carboxylic acids is 2. The third-order valence-electron chi connectivity index (χ3n) is 1.86. The third-order valence-corrected chi connectivity index (χ3v) is 1.86. The minimum Gasteiger partial charge on any atom is -0.291 e. The van der Waals surface area contributed by atoms with Gasteiger partial charge in [0.15, 0.2) is 6.29 Å². The zero-order chi connectivity index (χ0) is 10.6. The molecule has 2 heteroatoms. The van der Waals surface area contributed by atoms with E-state index in [1.54, 1.807) is 12.6 Å². The Morgan fingerprint density at radius 1 is 1.14 bits per heavy atom. The van der Waals surface area contributed by atoms with Gasteiger partial charge in [0.1, 0.15) is 0 Å². The molecular weight excluding hydrogens is 176 g/mol. The predicted octanol–water partition coefficient (Wildman–Crippen LogP) is 2.19. The van der Waals surface area contributed by atoms with E-state index in [0.717, 1.165) is 12.8 Å². The fourth-order valence-corrected chi connectivity index (χ4v) is 1.04. The van der Waals surface area contributed by atoms with Crippen molar-refractivity contribution in [3.05, 3.63) is 0 Å². The molecule has 1 unspecified atom stereocenters. The lowest BCUT2D eigenvalue weighted by Crippen LogP contribution is -1.98. The van der Waals surface area contributed by atoms with E-state index in [1.165, 1.54) is 19.3 Å². The van der Waals surface area contributed by atoms with Crippen molar-refractivity contribution in [3.63, 3.8) is 0 Å². The first kappa shape index (κ1) is 12.9. The Morgan fingerprint density at radius 3 is 2.50 bits per heavy atom. The molecular formula is C12H16O2. The van der Waals surface area contributed by atoms with Crippen LogP contribution < -0.4 is 0 Å². The minimum atomic E-state index is -0.571. The van der Waals surface area contributed by atoms with Crippen LogP contribution in [0.2, 0.25) is 0 Å². The van der Waals surface area contributed by atoms with E-state index in [1.807, 2.05) is 0 Å². The van der Waals surface area contributed by atoms with E-state index < -0.39 is 5.92 Å². The molecule has 0 heterocycles. The molecule has 2 nitrogen and oxygen atoms in total. The van der Waals surface area contributed by atoms with Crippen molar-refractivity contribution in [2.75, 3.05) is 0 Å². The molecule has 0 aliphatic rings. The van der Waals surface area contributed by atoms with Gasteiger partial charge < -0.3 is 0 Å². The molecule has 0 aromatic rings. The summed E-state index contributed by atoms with van der Waals surface area (Å²) in [6, 6.07) is 0. The van der Waals surface area contributed by atoms with E-state index in [9.17, 15) is 9.59 Å². The van der Waals surface area contributed by atoms with E-state index in [0.29, 0.717) is 0 Å². The second kappa shape index (κ2) is 9.98. The van der Waals surface area contributed by atoms with Gasteiger partial charge in [-0.15, -0.1) is 5.92 Å². The van der Waals surface area contributed by atoms with Gasteiger partial charge >= 0.3 is 0 Å². The van der Waals surface area contributed by atoms with Crippen molar-refractivity contribution in [1.29, 1.82) is 0 Å². The monoisotopic (exact) mass is 192 g/mol. The summed E-state index contributed by atoms with van der Waals surface area (Å²) in [5.74, 6) is 5.03. The number of unbranched alkanes of at least 4 members (excludes halogenated alkanes) is 4. The maximum Gasteiger partial charge on any atom is 0.215 e. The lowest BCUT2D eigenvalue weighted by molar-refractivity contribution is 0.529. The summed E-state index contributed by atoms with van der Waals surface area (Å²) in [5, 5.41) is 0. The van der Waals surface area contributed by atoms with E-state index >= 15 is 0 Å². The van der Waals surface area contributed by atoms with Crippen LogP contribution in [0, 0.1) is 17.8 Å². The van der Waals surface area contributed by atoms with Crippen LogP contribution in [0.4, 0.5) is 0 Å². The highest BCUT2D eigenvalue weighted by molar-refractivity contribution is 5.66. The molecule has 0 aliphatic heterocycles. The van der Waals surface area contributed by atoms with Crippen molar-refractivity contribution in [3.8, 4) is 11.8 Å². The van der Waals surface area contributed by atoms with E-state index in [4.69, 9.17) is 0 Å². The summed E-state index contributed by atoms with van der Waals surface area (Å²) in [6.45, 7) is 2.16. The lowest BCUT2D eigenvalue weighted by atomic mass is 10.1. The van der Waals surface area contributed by atoms with Gasteiger partial charge in [0.05, 0.1) is 5.92 Å². The molecule has 0 aromatic heterocycles. The molecule has 0 amide bonds. The van der Waals surface area contributed by atoms with Crippen LogP contribution in [-0.4, -0.2) is 12.6 Å². The maximum absolute atomic E-state index is 10.3. The topological polar surface area (TPSA) is 34.1 Å². The molecule has 1 atom stereocenters. The Hall–Kier alpha value is -1.10. The van der Waals surface area contributed by atoms with Gasteiger partial charge in [0.25, 0.3) is 0 Å². The molecule has 76 valence electrons. The van der Waals surface area contributed by atoms with Gasteiger partial charge in [-0.2, -0.15) is 0 Å². The van der Waals surface area contributed by atoms with E-state index in [-0.39, 0.29) is 6.42 Å². The molecule has 0 bridgehead atoms. The normalized spacial score (nSPS) is 11.2. The van der Waals surface area contributed by atoms with Crippen LogP contribution in [0.1, 0.15) is 45.4 Å². The average molecular weight is 192 g/mol. The molecule has 0 saturated heterocycles. The number of rotatable bonds is 7. The van der Waals surface area contributed by atoms with Gasteiger partial charge in [-0.25, -0.2) is 0 Å². The van der Waals surface area contributed by atoms with Gasteiger partial charge in [0, 0.05) is 12.8 Å². The number of hydrogen-bond acceptors (Lipinski definition) is 2. The van der Waals surface area contributed by atoms with Crippen molar-refractivity contribution in [2.24, 2.45) is 5.92 Å². The third kappa shape index (κ3) is 7.54. The van der Waals surface area contributed by atoms with Crippen LogP contribution >= 0.6 is 0 Å². The molecule has 0 spiro atoms. The van der Waals surface area contributed by atoms with Gasteiger partial charge in [-0.1, -0.05) is 32.1 Å². The van der Waals surface area contributed by atoms with Crippen LogP contribution in [0.15, 0.2) is 0 Å². The molecule has 2 radical (unpaired) electrons. The molecule has 0 N–H and O–H groups in total. The largest absolute Gasteiger partial charge is 0.291 e. The van der Waals surface area contributed by atoms with Crippen LogP contribution in [-0.2, 0) is 9.59 Å². The minimum absolute atomic E-state index is 0.0471. The van der Waals surface area contributed by atoms with Crippen LogP contribution in [0.5, 0.6) is 0 Å². The Morgan fingerprint density at radius 2 is 1.93 bits per heavy atom. The average Bonchev–Trinajstić information content (AvgIpc) is 2.21. The van der Waals surface area contributed by atoms with Crippen LogP contribution in [0.3, 0.4) is 0 Å². The first-order chi connectivity index (χ1) is 6.85. The van der Waals surface area contributed by atoms with Gasteiger partial charge in [-0.05, 0) is 6.42 Å². The number of hydrogen-bond donors (Lipinski definition) is 0. The highest BCUT2D eigenvalue weighted by Gasteiger charge is 2.02. The molecule has 0 aromatic carbocycles. The molecule has 0 rings (SSSR count). The fraction of sp³-hybridized carbons (Fsp3) is 0.667. The van der Waals surface area contributed by atoms with Crippen molar-refractivity contribution in [1.82, 2.24) is 0 Å². The first-order valence-electron chi connectivity index (χ1n) is 5.06. The first-order valence-corrected chi connectivity index (χ1v) is 5.06. The second-order valence-corrected chi connectivity index (χ2v) is 3.15. The highest BCUT2D eigenvalue weighted by Crippen LogP contribution is 2.01. The Bertz CT molecular complexity index is 210. The fourth-order valence-electron chi connectivity index (χ4n) is 1.04. The molecule has 0 fully saturated rings. The second-order valence-electron chi connectivity index (χ2n) is 3.15. The summed E-state index contributed by atoms with van der Waals surface area (Å²) < 4.78 is 0. The molecule has 0 saturated carbocycles. The predicted molar refractivity (Wildman–Crippen MR) is 56.0 cm³/mol. The summed E-state index contributed by atoms with van der Waals surface area (Å²) >= 11 is 0. The smallest absolute Gasteiger partial charge is 0.215 e. The highest BCUT2D eigenvalue weighted by atomic mass is 16.1.